The fourth-order valence-electron chi connectivity index (χ4n) is 0. The number of carbonyl (C=O) groups is 1. The van der Waals surface area contributed by atoms with E-state index in [2.05, 4.69) is 0 Å². The van der Waals surface area contributed by atoms with Crippen LogP contribution in [0.3, 0.4) is 0 Å². The van der Waals surface area contributed by atoms with Crippen molar-refractivity contribution in [2.45, 2.75) is 0 Å². The van der Waals surface area contributed by atoms with Crippen molar-refractivity contribution in [3.05, 3.63) is 0 Å². The zero-order valence-electron chi connectivity index (χ0n) is 6.14. The zero-order valence-corrected chi connectivity index (χ0v) is 4.55. The molecule has 0 aliphatic carbocycles. The maximum atomic E-state index is 8.36. The van der Waals surface area contributed by atoms with Crippen molar-refractivity contribution in [1.29, 1.82) is 0 Å². The predicted molar refractivity (Wildman–Crippen MR) is 17.8 cm³/mol. The first-order valence-electron chi connectivity index (χ1n) is 0.494. The van der Waals surface area contributed by atoms with Gasteiger partial charge in [-0.1, -0.05) is 0 Å². The van der Waals surface area contributed by atoms with Crippen molar-refractivity contribution in [2.24, 2.45) is 0 Å². The molecule has 0 aromatic heterocycles. The zero-order chi connectivity index (χ0) is 2.71. The van der Waals surface area contributed by atoms with Gasteiger partial charge in [0.1, 0.15) is 0 Å². The molecule has 0 saturated heterocycles. The Morgan fingerprint density at radius 3 is 1.80 bits per heavy atom. The molecule has 0 unspecified atom stereocenters. The van der Waals surface area contributed by atoms with Gasteiger partial charge in [-0.05, 0) is 0 Å². The normalized spacial score (nSPS) is 2.40. The minimum absolute atomic E-state index is 0. The van der Waals surface area contributed by atoms with Crippen LogP contribution in [0.5, 0.6) is 0 Å². The van der Waals surface area contributed by atoms with Gasteiger partial charge in [0, 0.05) is 0 Å². The Hall–Kier alpha value is 0.834. The first-order chi connectivity index (χ1) is 1.41. The Kier molecular flexibility index (Phi) is 71.7. The third kappa shape index (κ3) is 55.8. The van der Waals surface area contributed by atoms with E-state index in [4.69, 9.17) is 9.90 Å². The summed E-state index contributed by atoms with van der Waals surface area (Å²) in [6.45, 7) is -0.250. The Morgan fingerprint density at radius 2 is 1.80 bits per heavy atom. The van der Waals surface area contributed by atoms with Crippen molar-refractivity contribution >= 4 is 29.5 Å². The van der Waals surface area contributed by atoms with Gasteiger partial charge in [-0.3, -0.25) is 4.79 Å². The molecule has 0 aromatic rings. The molecule has 0 rings (SSSR count). The number of carboxylic acid groups (broad SMARTS) is 1. The van der Waals surface area contributed by atoms with Crippen molar-refractivity contribution in [2.75, 3.05) is 0 Å². The van der Waals surface area contributed by atoms with E-state index < -0.39 is 0 Å². The van der Waals surface area contributed by atoms with Gasteiger partial charge in [0.2, 0.25) is 0 Å². The summed E-state index contributed by atoms with van der Waals surface area (Å²) in [4.78, 5) is 8.36. The van der Waals surface area contributed by atoms with Crippen LogP contribution in [0.1, 0.15) is 4.28 Å². The van der Waals surface area contributed by atoms with Crippen molar-refractivity contribution in [3.8, 4) is 0 Å². The summed E-state index contributed by atoms with van der Waals surface area (Å²) >= 11 is 0. The van der Waals surface area contributed by atoms with Gasteiger partial charge >= 0.3 is 41.9 Å². The van der Waals surface area contributed by atoms with Gasteiger partial charge in [-0.15, -0.1) is 0 Å². The monoisotopic (exact) mass is 80.0 g/mol. The molecule has 0 bridgehead atoms. The van der Waals surface area contributed by atoms with E-state index in [1.807, 2.05) is 0 Å². The first kappa shape index (κ1) is 17.0. The Labute approximate surface area is 62.7 Å². The molecule has 24 valence electrons. The van der Waals surface area contributed by atoms with Gasteiger partial charge in [0.05, 0.1) is 0 Å². The fraction of sp³-hybridized carbons (Fsp3) is 0. The van der Waals surface area contributed by atoms with Crippen LogP contribution in [-0.4, -0.2) is 34.6 Å². The van der Waals surface area contributed by atoms with E-state index in [9.17, 15) is 0 Å². The molecule has 0 spiro atoms. The van der Waals surface area contributed by atoms with Gasteiger partial charge in [-0.2, -0.15) is 0 Å². The molecule has 0 aromatic carbocycles. The molecule has 0 amide bonds. The molecule has 4 heteroatoms. The first-order valence-corrected chi connectivity index (χ1v) is 0.494. The molecule has 5 heavy (non-hydrogen) atoms. The van der Waals surface area contributed by atoms with Gasteiger partial charge in [-0.25, -0.2) is 0 Å². The van der Waals surface area contributed by atoms with E-state index in [0.29, 0.717) is 0 Å². The van der Waals surface area contributed by atoms with E-state index in [0.717, 1.165) is 0 Å². The quantitative estimate of drug-likeness (QED) is 0.244. The van der Waals surface area contributed by atoms with Crippen molar-refractivity contribution < 1.29 is 33.0 Å². The van der Waals surface area contributed by atoms with Crippen molar-refractivity contribution in [3.63, 3.8) is 0 Å². The second-order valence-corrected chi connectivity index (χ2v) is 0.105. The molecule has 0 aliphatic rings. The topological polar surface area (TPSA) is 37.3 Å². The van der Waals surface area contributed by atoms with Crippen LogP contribution < -0.4 is 18.9 Å². The van der Waals surface area contributed by atoms with Crippen LogP contribution in [0.4, 0.5) is 0 Å². The molecule has 1 N–H and O–H groups in total. The molecular weight excluding hydrogens is 75.3 g/mol. The molecule has 0 atom stereocenters. The van der Waals surface area contributed by atoms with Gasteiger partial charge in [0.25, 0.3) is 6.47 Å². The standard InChI is InChI=1S/CH2O2.Li.Mg.3H/c2-1-3;;;;;/h1H,(H,2,3);;;;;/q;+1;+2;3*-1. The maximum absolute atomic E-state index is 8.36. The second kappa shape index (κ2) is 21.1. The van der Waals surface area contributed by atoms with E-state index in [1.165, 1.54) is 0 Å². The Bertz CT molecular complexity index is 24.8. The van der Waals surface area contributed by atoms with Crippen molar-refractivity contribution in [1.82, 2.24) is 0 Å². The Morgan fingerprint density at radius 1 is 1.80 bits per heavy atom. The fourth-order valence-corrected chi connectivity index (χ4v) is 0. The third-order valence-corrected chi connectivity index (χ3v) is 0. The van der Waals surface area contributed by atoms with Crippen LogP contribution >= 0.6 is 0 Å². The number of hydrogen-bond acceptors (Lipinski definition) is 1. The van der Waals surface area contributed by atoms with Crippen LogP contribution in [0, 0.1) is 0 Å². The molecular formula is CH5LiMgO2. The summed E-state index contributed by atoms with van der Waals surface area (Å²) in [5, 5.41) is 6.89. The van der Waals surface area contributed by atoms with Crippen LogP contribution in [-0.2, 0) is 4.79 Å². The average Bonchev–Trinajstić information content (AvgIpc) is 0.918. The van der Waals surface area contributed by atoms with E-state index in [-0.39, 0.29) is 52.7 Å². The van der Waals surface area contributed by atoms with E-state index >= 15 is 0 Å². The summed E-state index contributed by atoms with van der Waals surface area (Å²) in [5.41, 5.74) is 0. The molecule has 0 heterocycles. The molecule has 0 aliphatic heterocycles. The second-order valence-electron chi connectivity index (χ2n) is 0.105. The summed E-state index contributed by atoms with van der Waals surface area (Å²) in [5.74, 6) is 0. The largest absolute Gasteiger partial charge is 2.00 e. The van der Waals surface area contributed by atoms with Gasteiger partial charge in [0.15, 0.2) is 0 Å². The molecule has 0 fully saturated rings. The SMILES string of the molecule is O=CO.[H-].[H-].[H-].[Li+].[Mg+2]. The van der Waals surface area contributed by atoms with E-state index in [1.54, 1.807) is 0 Å². The summed E-state index contributed by atoms with van der Waals surface area (Å²) in [6, 6.07) is 0. The third-order valence-electron chi connectivity index (χ3n) is 0. The Balaban J connectivity index is -0.00000000200. The minimum Gasteiger partial charge on any atom is -1.00 e. The smallest absolute Gasteiger partial charge is 1.00 e. The predicted octanol–water partition coefficient (Wildman–Crippen LogP) is -3.34. The molecule has 0 radical (unpaired) electrons. The number of hydrogen-bond donors (Lipinski definition) is 1. The minimum atomic E-state index is -0.250. The van der Waals surface area contributed by atoms with Crippen LogP contribution in [0.2, 0.25) is 0 Å². The maximum Gasteiger partial charge on any atom is 2.00 e. The summed E-state index contributed by atoms with van der Waals surface area (Å²) in [7, 11) is 0. The summed E-state index contributed by atoms with van der Waals surface area (Å²) in [6.07, 6.45) is 0. The van der Waals surface area contributed by atoms with Gasteiger partial charge < -0.3 is 9.39 Å². The molecule has 0 saturated carbocycles. The van der Waals surface area contributed by atoms with Crippen LogP contribution in [0.25, 0.3) is 0 Å². The molecule has 2 nitrogen and oxygen atoms in total. The average molecular weight is 80.3 g/mol. The summed E-state index contributed by atoms with van der Waals surface area (Å²) < 4.78 is 0. The van der Waals surface area contributed by atoms with Crippen LogP contribution in [0.15, 0.2) is 0 Å². The number of rotatable bonds is 0.